The van der Waals surface area contributed by atoms with E-state index in [1.165, 1.54) is 0 Å². The lowest BCUT2D eigenvalue weighted by atomic mass is 10.2. The van der Waals surface area contributed by atoms with Crippen LogP contribution in [0, 0.1) is 0 Å². The van der Waals surface area contributed by atoms with Gasteiger partial charge in [-0.2, -0.15) is 0 Å². The summed E-state index contributed by atoms with van der Waals surface area (Å²) in [5.74, 6) is 1.52. The van der Waals surface area contributed by atoms with Gasteiger partial charge in [0.15, 0.2) is 0 Å². The van der Waals surface area contributed by atoms with Gasteiger partial charge in [0.1, 0.15) is 0 Å². The lowest BCUT2D eigenvalue weighted by Gasteiger charge is -2.32. The smallest absolute Gasteiger partial charge is 0.232 e. The standard InChI is InChI=1S/C14H18Cl2N2OS/c1-17-4-6-18(7-5-17)14(19)10-20-9-11-2-3-12(15)13(16)8-11/h2-3,8H,4-7,9-10H2,1H3. The van der Waals surface area contributed by atoms with E-state index in [-0.39, 0.29) is 5.91 Å². The molecule has 0 atom stereocenters. The van der Waals surface area contributed by atoms with Crippen molar-refractivity contribution in [3.05, 3.63) is 33.8 Å². The quantitative estimate of drug-likeness (QED) is 0.846. The van der Waals surface area contributed by atoms with Crippen LogP contribution in [-0.4, -0.2) is 54.7 Å². The summed E-state index contributed by atoms with van der Waals surface area (Å²) in [6.07, 6.45) is 0. The van der Waals surface area contributed by atoms with E-state index in [0.29, 0.717) is 15.8 Å². The average Bonchev–Trinajstić information content (AvgIpc) is 2.43. The molecule has 0 aliphatic carbocycles. The van der Waals surface area contributed by atoms with Gasteiger partial charge in [-0.1, -0.05) is 29.3 Å². The molecular weight excluding hydrogens is 315 g/mol. The van der Waals surface area contributed by atoms with Gasteiger partial charge < -0.3 is 9.80 Å². The maximum absolute atomic E-state index is 12.1. The number of amides is 1. The highest BCUT2D eigenvalue weighted by Crippen LogP contribution is 2.24. The first kappa shape index (κ1) is 16.0. The fraction of sp³-hybridized carbons (Fsp3) is 0.500. The van der Waals surface area contributed by atoms with E-state index in [2.05, 4.69) is 11.9 Å². The van der Waals surface area contributed by atoms with Crippen molar-refractivity contribution in [2.24, 2.45) is 0 Å². The Morgan fingerprint density at radius 1 is 1.20 bits per heavy atom. The monoisotopic (exact) mass is 332 g/mol. The average molecular weight is 333 g/mol. The lowest BCUT2D eigenvalue weighted by molar-refractivity contribution is -0.129. The Balaban J connectivity index is 1.75. The fourth-order valence-corrected chi connectivity index (χ4v) is 3.23. The van der Waals surface area contributed by atoms with Crippen molar-refractivity contribution < 1.29 is 4.79 Å². The van der Waals surface area contributed by atoms with Crippen LogP contribution < -0.4 is 0 Å². The van der Waals surface area contributed by atoms with E-state index in [1.54, 1.807) is 17.8 Å². The minimum atomic E-state index is 0.225. The zero-order chi connectivity index (χ0) is 14.5. The van der Waals surface area contributed by atoms with E-state index in [9.17, 15) is 4.79 Å². The second-order valence-corrected chi connectivity index (χ2v) is 6.73. The van der Waals surface area contributed by atoms with Crippen LogP contribution >= 0.6 is 35.0 Å². The lowest BCUT2D eigenvalue weighted by Crippen LogP contribution is -2.47. The number of halogens is 2. The molecule has 110 valence electrons. The predicted octanol–water partition coefficient (Wildman–Crippen LogP) is 3.00. The molecule has 0 radical (unpaired) electrons. The summed E-state index contributed by atoms with van der Waals surface area (Å²) in [5, 5.41) is 1.13. The summed E-state index contributed by atoms with van der Waals surface area (Å²) in [6.45, 7) is 3.59. The molecule has 1 amide bonds. The molecule has 20 heavy (non-hydrogen) atoms. The normalized spacial score (nSPS) is 16.4. The topological polar surface area (TPSA) is 23.6 Å². The molecule has 1 fully saturated rings. The number of hydrogen-bond donors (Lipinski definition) is 0. The number of nitrogens with zero attached hydrogens (tertiary/aromatic N) is 2. The third-order valence-electron chi connectivity index (χ3n) is 3.33. The Hall–Kier alpha value is -0.420. The molecule has 1 aromatic carbocycles. The van der Waals surface area contributed by atoms with Crippen LogP contribution in [0.3, 0.4) is 0 Å². The first-order chi connectivity index (χ1) is 9.56. The number of hydrogen-bond acceptors (Lipinski definition) is 3. The van der Waals surface area contributed by atoms with Crippen LogP contribution in [0.25, 0.3) is 0 Å². The molecule has 1 aromatic rings. The number of piperazine rings is 1. The van der Waals surface area contributed by atoms with Gasteiger partial charge in [-0.3, -0.25) is 4.79 Å². The highest BCUT2D eigenvalue weighted by molar-refractivity contribution is 7.99. The number of carbonyl (C=O) groups is 1. The number of rotatable bonds is 4. The zero-order valence-electron chi connectivity index (χ0n) is 11.4. The molecule has 1 saturated heterocycles. The molecule has 0 saturated carbocycles. The number of thioether (sulfide) groups is 1. The molecule has 0 aromatic heterocycles. The second kappa shape index (κ2) is 7.55. The number of benzene rings is 1. The highest BCUT2D eigenvalue weighted by atomic mass is 35.5. The predicted molar refractivity (Wildman–Crippen MR) is 86.7 cm³/mol. The van der Waals surface area contributed by atoms with Gasteiger partial charge in [0.05, 0.1) is 15.8 Å². The van der Waals surface area contributed by atoms with Crippen LogP contribution in [0.5, 0.6) is 0 Å². The third-order valence-corrected chi connectivity index (χ3v) is 5.06. The maximum Gasteiger partial charge on any atom is 0.232 e. The number of carbonyl (C=O) groups excluding carboxylic acids is 1. The maximum atomic E-state index is 12.1. The van der Waals surface area contributed by atoms with Crippen molar-refractivity contribution >= 4 is 40.9 Å². The van der Waals surface area contributed by atoms with Gasteiger partial charge in [0.25, 0.3) is 0 Å². The van der Waals surface area contributed by atoms with Gasteiger partial charge >= 0.3 is 0 Å². The Labute approximate surface area is 134 Å². The van der Waals surface area contributed by atoms with Crippen molar-refractivity contribution in [1.29, 1.82) is 0 Å². The zero-order valence-corrected chi connectivity index (χ0v) is 13.8. The highest BCUT2D eigenvalue weighted by Gasteiger charge is 2.18. The minimum absolute atomic E-state index is 0.225. The summed E-state index contributed by atoms with van der Waals surface area (Å²) in [6, 6.07) is 5.60. The van der Waals surface area contributed by atoms with Gasteiger partial charge in [-0.05, 0) is 24.7 Å². The molecule has 0 unspecified atom stereocenters. The van der Waals surface area contributed by atoms with Crippen LogP contribution in [0.1, 0.15) is 5.56 Å². The van der Waals surface area contributed by atoms with Crippen LogP contribution in [0.4, 0.5) is 0 Å². The summed E-state index contributed by atoms with van der Waals surface area (Å²) in [4.78, 5) is 16.2. The Kier molecular flexibility index (Phi) is 6.02. The van der Waals surface area contributed by atoms with Crippen molar-refractivity contribution in [1.82, 2.24) is 9.80 Å². The van der Waals surface area contributed by atoms with Gasteiger partial charge in [0, 0.05) is 31.9 Å². The summed E-state index contributed by atoms with van der Waals surface area (Å²) >= 11 is 13.5. The molecule has 2 rings (SSSR count). The first-order valence-electron chi connectivity index (χ1n) is 6.54. The minimum Gasteiger partial charge on any atom is -0.339 e. The molecule has 0 N–H and O–H groups in total. The molecule has 0 bridgehead atoms. The van der Waals surface area contributed by atoms with E-state index >= 15 is 0 Å². The largest absolute Gasteiger partial charge is 0.339 e. The molecule has 3 nitrogen and oxygen atoms in total. The van der Waals surface area contributed by atoms with Gasteiger partial charge in [0.2, 0.25) is 5.91 Å². The molecule has 6 heteroatoms. The van der Waals surface area contributed by atoms with Crippen LogP contribution in [0.15, 0.2) is 18.2 Å². The van der Waals surface area contributed by atoms with E-state index in [1.807, 2.05) is 17.0 Å². The molecule has 1 aliphatic heterocycles. The van der Waals surface area contributed by atoms with Crippen LogP contribution in [-0.2, 0) is 10.5 Å². The van der Waals surface area contributed by atoms with Gasteiger partial charge in [-0.15, -0.1) is 11.8 Å². The molecule has 0 spiro atoms. The molecule has 1 aliphatic rings. The second-order valence-electron chi connectivity index (χ2n) is 4.93. The third kappa shape index (κ3) is 4.55. The molecular formula is C14H18Cl2N2OS. The van der Waals surface area contributed by atoms with E-state index < -0.39 is 0 Å². The van der Waals surface area contributed by atoms with Crippen LogP contribution in [0.2, 0.25) is 10.0 Å². The Bertz CT molecular complexity index is 476. The van der Waals surface area contributed by atoms with Crippen molar-refractivity contribution in [2.75, 3.05) is 39.0 Å². The van der Waals surface area contributed by atoms with E-state index in [4.69, 9.17) is 23.2 Å². The van der Waals surface area contributed by atoms with Crippen molar-refractivity contribution in [2.45, 2.75) is 5.75 Å². The van der Waals surface area contributed by atoms with Gasteiger partial charge in [-0.25, -0.2) is 0 Å². The Morgan fingerprint density at radius 2 is 1.90 bits per heavy atom. The summed E-state index contributed by atoms with van der Waals surface area (Å²) < 4.78 is 0. The summed E-state index contributed by atoms with van der Waals surface area (Å²) in [5.41, 5.74) is 1.09. The fourth-order valence-electron chi connectivity index (χ4n) is 2.03. The Morgan fingerprint density at radius 3 is 2.55 bits per heavy atom. The summed E-state index contributed by atoms with van der Waals surface area (Å²) in [7, 11) is 2.08. The van der Waals surface area contributed by atoms with E-state index in [0.717, 1.165) is 37.5 Å². The first-order valence-corrected chi connectivity index (χ1v) is 8.45. The SMILES string of the molecule is CN1CCN(C(=O)CSCc2ccc(Cl)c(Cl)c2)CC1. The number of likely N-dealkylation sites (N-methyl/N-ethyl adjacent to an activating group) is 1. The van der Waals surface area contributed by atoms with Crippen molar-refractivity contribution in [3.8, 4) is 0 Å². The molecule has 1 heterocycles. The van der Waals surface area contributed by atoms with Crippen molar-refractivity contribution in [3.63, 3.8) is 0 Å².